The summed E-state index contributed by atoms with van der Waals surface area (Å²) < 4.78 is 14.0. The first kappa shape index (κ1) is 20.3. The molecule has 0 aliphatic carbocycles. The maximum atomic E-state index is 14.0. The zero-order valence-corrected chi connectivity index (χ0v) is 17.1. The van der Waals surface area contributed by atoms with Gasteiger partial charge >= 0.3 is 0 Å². The molecule has 0 bridgehead atoms. The molecule has 0 radical (unpaired) electrons. The molecule has 2 aromatic rings. The van der Waals surface area contributed by atoms with Gasteiger partial charge in [-0.1, -0.05) is 50.6 Å². The van der Waals surface area contributed by atoms with Gasteiger partial charge in [0.2, 0.25) is 0 Å². The number of carbonyl (C=O) groups is 2. The van der Waals surface area contributed by atoms with Gasteiger partial charge < -0.3 is 9.80 Å². The lowest BCUT2D eigenvalue weighted by atomic mass is 9.86. The van der Waals surface area contributed by atoms with Crippen molar-refractivity contribution in [2.45, 2.75) is 26.2 Å². The molecule has 0 spiro atoms. The molecule has 1 heterocycles. The Labute approximate surface area is 169 Å². The van der Waals surface area contributed by atoms with E-state index in [2.05, 4.69) is 20.8 Å². The van der Waals surface area contributed by atoms with Gasteiger partial charge in [0.1, 0.15) is 5.82 Å². The lowest BCUT2D eigenvalue weighted by Gasteiger charge is -2.35. The normalized spacial score (nSPS) is 14.9. The van der Waals surface area contributed by atoms with Gasteiger partial charge in [-0.05, 0) is 35.2 Å². The number of halogens is 2. The first-order chi connectivity index (χ1) is 13.2. The standard InChI is InChI=1S/C22H24ClFN2O2/c1-22(2,3)16-9-7-15(8-10-16)20(27)25-11-13-26(14-12-25)21(28)19-17(23)5-4-6-18(19)24/h4-10H,11-14H2,1-3H3. The monoisotopic (exact) mass is 402 g/mol. The Morgan fingerprint density at radius 1 is 0.893 bits per heavy atom. The highest BCUT2D eigenvalue weighted by Crippen LogP contribution is 2.24. The summed E-state index contributed by atoms with van der Waals surface area (Å²) in [4.78, 5) is 28.6. The molecule has 3 rings (SSSR count). The molecule has 28 heavy (non-hydrogen) atoms. The molecule has 1 fully saturated rings. The average Bonchev–Trinajstić information content (AvgIpc) is 2.67. The van der Waals surface area contributed by atoms with E-state index in [0.29, 0.717) is 31.7 Å². The van der Waals surface area contributed by atoms with Crippen molar-refractivity contribution in [3.63, 3.8) is 0 Å². The number of hydrogen-bond donors (Lipinski definition) is 0. The maximum absolute atomic E-state index is 14.0. The molecule has 4 nitrogen and oxygen atoms in total. The summed E-state index contributed by atoms with van der Waals surface area (Å²) in [5, 5.41) is 0.0995. The fourth-order valence-electron chi connectivity index (χ4n) is 3.27. The van der Waals surface area contributed by atoms with Gasteiger partial charge in [0.25, 0.3) is 11.8 Å². The number of amides is 2. The molecular weight excluding hydrogens is 379 g/mol. The Kier molecular flexibility index (Phi) is 5.75. The first-order valence-corrected chi connectivity index (χ1v) is 9.69. The Balaban J connectivity index is 1.65. The molecule has 2 amide bonds. The third-order valence-electron chi connectivity index (χ3n) is 5.03. The highest BCUT2D eigenvalue weighted by Gasteiger charge is 2.28. The Morgan fingerprint density at radius 3 is 1.93 bits per heavy atom. The minimum absolute atomic E-state index is 0.0293. The summed E-state index contributed by atoms with van der Waals surface area (Å²) in [5.74, 6) is -1.13. The number of piperazine rings is 1. The Morgan fingerprint density at radius 2 is 1.43 bits per heavy atom. The fourth-order valence-corrected chi connectivity index (χ4v) is 3.51. The van der Waals surface area contributed by atoms with Crippen LogP contribution in [0.25, 0.3) is 0 Å². The molecular formula is C22H24ClFN2O2. The molecule has 148 valence electrons. The Hall–Kier alpha value is -2.40. The zero-order valence-electron chi connectivity index (χ0n) is 16.3. The number of carbonyl (C=O) groups excluding carboxylic acids is 2. The SMILES string of the molecule is CC(C)(C)c1ccc(C(=O)N2CCN(C(=O)c3c(F)cccc3Cl)CC2)cc1. The van der Waals surface area contributed by atoms with Crippen LogP contribution in [0.2, 0.25) is 5.02 Å². The van der Waals surface area contributed by atoms with Crippen molar-refractivity contribution in [3.8, 4) is 0 Å². The van der Waals surface area contributed by atoms with Crippen molar-refractivity contribution in [2.75, 3.05) is 26.2 Å². The van der Waals surface area contributed by atoms with Crippen LogP contribution in [0.5, 0.6) is 0 Å². The summed E-state index contributed by atoms with van der Waals surface area (Å²) in [7, 11) is 0. The number of benzene rings is 2. The summed E-state index contributed by atoms with van der Waals surface area (Å²) in [5.41, 5.74) is 1.72. The largest absolute Gasteiger partial charge is 0.335 e. The van der Waals surface area contributed by atoms with Gasteiger partial charge in [0, 0.05) is 31.7 Å². The van der Waals surface area contributed by atoms with E-state index in [1.54, 1.807) is 4.90 Å². The zero-order chi connectivity index (χ0) is 20.5. The molecule has 6 heteroatoms. The van der Waals surface area contributed by atoms with Crippen LogP contribution < -0.4 is 0 Å². The minimum atomic E-state index is -0.630. The van der Waals surface area contributed by atoms with E-state index in [-0.39, 0.29) is 21.9 Å². The van der Waals surface area contributed by atoms with Gasteiger partial charge in [-0.25, -0.2) is 4.39 Å². The van der Waals surface area contributed by atoms with E-state index in [0.717, 1.165) is 0 Å². The highest BCUT2D eigenvalue weighted by atomic mass is 35.5. The van der Waals surface area contributed by atoms with Crippen molar-refractivity contribution in [1.82, 2.24) is 9.80 Å². The van der Waals surface area contributed by atoms with E-state index in [9.17, 15) is 14.0 Å². The van der Waals surface area contributed by atoms with Crippen LogP contribution in [0, 0.1) is 5.82 Å². The van der Waals surface area contributed by atoms with Crippen molar-refractivity contribution in [3.05, 3.63) is 70.0 Å². The van der Waals surface area contributed by atoms with Crippen LogP contribution in [-0.2, 0) is 5.41 Å². The van der Waals surface area contributed by atoms with Crippen LogP contribution in [0.3, 0.4) is 0 Å². The molecule has 0 aromatic heterocycles. The average molecular weight is 403 g/mol. The van der Waals surface area contributed by atoms with E-state index in [1.165, 1.54) is 28.7 Å². The maximum Gasteiger partial charge on any atom is 0.258 e. The fraction of sp³-hybridized carbons (Fsp3) is 0.364. The van der Waals surface area contributed by atoms with E-state index < -0.39 is 11.7 Å². The molecule has 0 atom stereocenters. The summed E-state index contributed by atoms with van der Waals surface area (Å²) >= 11 is 6.00. The second-order valence-electron chi connectivity index (χ2n) is 8.01. The number of hydrogen-bond acceptors (Lipinski definition) is 2. The summed E-state index contributed by atoms with van der Waals surface area (Å²) in [6.07, 6.45) is 0. The minimum Gasteiger partial charge on any atom is -0.335 e. The predicted octanol–water partition coefficient (Wildman–Crippen LogP) is 4.37. The molecule has 2 aromatic carbocycles. The smallest absolute Gasteiger partial charge is 0.258 e. The molecule has 0 unspecified atom stereocenters. The quantitative estimate of drug-likeness (QED) is 0.748. The van der Waals surface area contributed by atoms with E-state index in [1.807, 2.05) is 24.3 Å². The number of rotatable bonds is 2. The van der Waals surface area contributed by atoms with Gasteiger partial charge in [-0.15, -0.1) is 0 Å². The van der Waals surface area contributed by atoms with Crippen molar-refractivity contribution < 1.29 is 14.0 Å². The van der Waals surface area contributed by atoms with Crippen molar-refractivity contribution in [2.24, 2.45) is 0 Å². The molecule has 1 aliphatic heterocycles. The van der Waals surface area contributed by atoms with Crippen LogP contribution in [0.4, 0.5) is 4.39 Å². The van der Waals surface area contributed by atoms with Crippen LogP contribution in [0.1, 0.15) is 47.1 Å². The van der Waals surface area contributed by atoms with E-state index >= 15 is 0 Å². The second-order valence-corrected chi connectivity index (χ2v) is 8.42. The topological polar surface area (TPSA) is 40.6 Å². The van der Waals surface area contributed by atoms with Crippen molar-refractivity contribution >= 4 is 23.4 Å². The lowest BCUT2D eigenvalue weighted by Crippen LogP contribution is -2.50. The highest BCUT2D eigenvalue weighted by molar-refractivity contribution is 6.33. The van der Waals surface area contributed by atoms with Gasteiger partial charge in [-0.3, -0.25) is 9.59 Å². The van der Waals surface area contributed by atoms with Crippen LogP contribution in [-0.4, -0.2) is 47.8 Å². The van der Waals surface area contributed by atoms with Gasteiger partial charge in [0.15, 0.2) is 0 Å². The first-order valence-electron chi connectivity index (χ1n) is 9.31. The Bertz CT molecular complexity index is 862. The van der Waals surface area contributed by atoms with Crippen LogP contribution in [0.15, 0.2) is 42.5 Å². The van der Waals surface area contributed by atoms with Gasteiger partial charge in [-0.2, -0.15) is 0 Å². The van der Waals surface area contributed by atoms with Gasteiger partial charge in [0.05, 0.1) is 10.6 Å². The third-order valence-corrected chi connectivity index (χ3v) is 5.34. The summed E-state index contributed by atoms with van der Waals surface area (Å²) in [6.45, 7) is 7.87. The van der Waals surface area contributed by atoms with Crippen molar-refractivity contribution in [1.29, 1.82) is 0 Å². The molecule has 1 aliphatic rings. The van der Waals surface area contributed by atoms with Crippen LogP contribution >= 0.6 is 11.6 Å². The summed E-state index contributed by atoms with van der Waals surface area (Å²) in [6, 6.07) is 11.8. The molecule has 0 saturated carbocycles. The molecule has 1 saturated heterocycles. The number of nitrogens with zero attached hydrogens (tertiary/aromatic N) is 2. The predicted molar refractivity (Wildman–Crippen MR) is 108 cm³/mol. The molecule has 0 N–H and O–H groups in total. The second kappa shape index (κ2) is 7.92. The lowest BCUT2D eigenvalue weighted by molar-refractivity contribution is 0.0533. The third kappa shape index (κ3) is 4.20. The van der Waals surface area contributed by atoms with E-state index in [4.69, 9.17) is 11.6 Å².